The van der Waals surface area contributed by atoms with Crippen LogP contribution in [0.25, 0.3) is 0 Å². The topological polar surface area (TPSA) is 32.7 Å². The van der Waals surface area contributed by atoms with Gasteiger partial charge in [-0.1, -0.05) is 30.7 Å². The summed E-state index contributed by atoms with van der Waals surface area (Å²) in [7, 11) is 0. The molecule has 0 bridgehead atoms. The quantitative estimate of drug-likeness (QED) is 0.902. The second-order valence-corrected chi connectivity index (χ2v) is 5.49. The number of aliphatic hydroxyl groups excluding tert-OH is 1. The normalized spacial score (nSPS) is 22.4. The van der Waals surface area contributed by atoms with Crippen molar-refractivity contribution in [3.63, 3.8) is 0 Å². The summed E-state index contributed by atoms with van der Waals surface area (Å²) in [5, 5.41) is 10.9. The molecule has 106 valence electrons. The van der Waals surface area contributed by atoms with Crippen LogP contribution >= 0.6 is 11.6 Å². The van der Waals surface area contributed by atoms with E-state index in [4.69, 9.17) is 16.3 Å². The van der Waals surface area contributed by atoms with E-state index in [0.717, 1.165) is 44.6 Å². The predicted molar refractivity (Wildman–Crippen MR) is 77.5 cm³/mol. The lowest BCUT2D eigenvalue weighted by Crippen LogP contribution is -2.42. The Labute approximate surface area is 120 Å². The number of ether oxygens (including phenoxy) is 1. The molecule has 1 saturated heterocycles. The summed E-state index contributed by atoms with van der Waals surface area (Å²) in [6.45, 7) is 5.80. The molecule has 2 unspecified atom stereocenters. The molecule has 1 aliphatic rings. The standard InChI is InChI=1S/C15H22ClNO2/c1-2-14-11-17(9-10-19-14)8-7-15(18)12-3-5-13(16)6-4-12/h3-6,14-15,18H,2,7-11H2,1H3. The molecule has 1 N–H and O–H groups in total. The first kappa shape index (κ1) is 14.8. The molecular formula is C15H22ClNO2. The molecule has 1 fully saturated rings. The molecule has 2 rings (SSSR count). The van der Waals surface area contributed by atoms with E-state index in [1.54, 1.807) is 0 Å². The van der Waals surface area contributed by atoms with E-state index >= 15 is 0 Å². The number of halogens is 1. The zero-order chi connectivity index (χ0) is 13.7. The van der Waals surface area contributed by atoms with Crippen molar-refractivity contribution in [3.8, 4) is 0 Å². The van der Waals surface area contributed by atoms with Crippen molar-refractivity contribution in [2.75, 3.05) is 26.2 Å². The second kappa shape index (κ2) is 7.25. The van der Waals surface area contributed by atoms with Gasteiger partial charge in [-0.2, -0.15) is 0 Å². The van der Waals surface area contributed by atoms with Gasteiger partial charge in [-0.3, -0.25) is 4.90 Å². The number of rotatable bonds is 5. The van der Waals surface area contributed by atoms with E-state index in [-0.39, 0.29) is 0 Å². The van der Waals surface area contributed by atoms with Crippen molar-refractivity contribution < 1.29 is 9.84 Å². The van der Waals surface area contributed by atoms with Crippen LogP contribution in [0.15, 0.2) is 24.3 Å². The Kier molecular flexibility index (Phi) is 5.64. The molecule has 1 aliphatic heterocycles. The summed E-state index contributed by atoms with van der Waals surface area (Å²) in [5.41, 5.74) is 0.935. The largest absolute Gasteiger partial charge is 0.388 e. The molecular weight excluding hydrogens is 262 g/mol. The maximum atomic E-state index is 10.2. The summed E-state index contributed by atoms with van der Waals surface area (Å²) in [6, 6.07) is 7.42. The molecule has 1 aromatic rings. The first-order valence-electron chi connectivity index (χ1n) is 6.96. The number of nitrogens with zero attached hydrogens (tertiary/aromatic N) is 1. The van der Waals surface area contributed by atoms with Crippen LogP contribution in [0.5, 0.6) is 0 Å². The van der Waals surface area contributed by atoms with Gasteiger partial charge in [-0.05, 0) is 30.5 Å². The van der Waals surface area contributed by atoms with Gasteiger partial charge in [0.1, 0.15) is 0 Å². The first-order valence-corrected chi connectivity index (χ1v) is 7.34. The number of hydrogen-bond acceptors (Lipinski definition) is 3. The fourth-order valence-corrected chi connectivity index (χ4v) is 2.51. The molecule has 4 heteroatoms. The minimum Gasteiger partial charge on any atom is -0.388 e. The molecule has 0 radical (unpaired) electrons. The fraction of sp³-hybridized carbons (Fsp3) is 0.600. The Hall–Kier alpha value is -0.610. The van der Waals surface area contributed by atoms with Gasteiger partial charge in [0.25, 0.3) is 0 Å². The lowest BCUT2D eigenvalue weighted by molar-refractivity contribution is -0.0330. The van der Waals surface area contributed by atoms with Crippen LogP contribution in [-0.4, -0.2) is 42.4 Å². The first-order chi connectivity index (χ1) is 9.19. The van der Waals surface area contributed by atoms with Gasteiger partial charge in [0.2, 0.25) is 0 Å². The Morgan fingerprint density at radius 3 is 2.84 bits per heavy atom. The van der Waals surface area contributed by atoms with Gasteiger partial charge in [-0.25, -0.2) is 0 Å². The molecule has 1 heterocycles. The summed E-state index contributed by atoms with van der Waals surface area (Å²) in [6.07, 6.45) is 1.73. The highest BCUT2D eigenvalue weighted by Gasteiger charge is 2.19. The maximum absolute atomic E-state index is 10.2. The van der Waals surface area contributed by atoms with Crippen molar-refractivity contribution >= 4 is 11.6 Å². The predicted octanol–water partition coefficient (Wildman–Crippen LogP) is 2.87. The van der Waals surface area contributed by atoms with E-state index in [1.165, 1.54) is 0 Å². The molecule has 0 saturated carbocycles. The van der Waals surface area contributed by atoms with Crippen molar-refractivity contribution in [1.82, 2.24) is 4.90 Å². The number of hydrogen-bond donors (Lipinski definition) is 1. The lowest BCUT2D eigenvalue weighted by Gasteiger charge is -2.32. The molecule has 0 spiro atoms. The molecule has 0 amide bonds. The zero-order valence-electron chi connectivity index (χ0n) is 11.4. The van der Waals surface area contributed by atoms with Crippen LogP contribution in [0.4, 0.5) is 0 Å². The highest BCUT2D eigenvalue weighted by atomic mass is 35.5. The van der Waals surface area contributed by atoms with E-state index in [2.05, 4.69) is 11.8 Å². The van der Waals surface area contributed by atoms with Crippen LogP contribution in [0.1, 0.15) is 31.4 Å². The Balaban J connectivity index is 1.79. The van der Waals surface area contributed by atoms with Gasteiger partial charge in [0.05, 0.1) is 18.8 Å². The molecule has 2 atom stereocenters. The molecule has 3 nitrogen and oxygen atoms in total. The average Bonchev–Trinajstić information content (AvgIpc) is 2.46. The van der Waals surface area contributed by atoms with Crippen LogP contribution < -0.4 is 0 Å². The van der Waals surface area contributed by atoms with Gasteiger partial charge >= 0.3 is 0 Å². The van der Waals surface area contributed by atoms with Crippen LogP contribution in [0.2, 0.25) is 5.02 Å². The number of benzene rings is 1. The third-order valence-electron chi connectivity index (χ3n) is 3.65. The highest BCUT2D eigenvalue weighted by molar-refractivity contribution is 6.30. The number of morpholine rings is 1. The van der Waals surface area contributed by atoms with Gasteiger partial charge in [0.15, 0.2) is 0 Å². The molecule has 0 aliphatic carbocycles. The Morgan fingerprint density at radius 2 is 2.16 bits per heavy atom. The smallest absolute Gasteiger partial charge is 0.0802 e. The van der Waals surface area contributed by atoms with Crippen LogP contribution in [-0.2, 0) is 4.74 Å². The lowest BCUT2D eigenvalue weighted by atomic mass is 10.1. The van der Waals surface area contributed by atoms with Crippen molar-refractivity contribution in [3.05, 3.63) is 34.9 Å². The zero-order valence-corrected chi connectivity index (χ0v) is 12.1. The Bertz CT molecular complexity index is 382. The molecule has 19 heavy (non-hydrogen) atoms. The monoisotopic (exact) mass is 283 g/mol. The van der Waals surface area contributed by atoms with E-state index in [9.17, 15) is 5.11 Å². The third kappa shape index (κ3) is 4.46. The SMILES string of the molecule is CCC1CN(CCC(O)c2ccc(Cl)cc2)CCO1. The minimum absolute atomic E-state index is 0.349. The van der Waals surface area contributed by atoms with Gasteiger partial charge in [0, 0.05) is 24.7 Å². The molecule has 0 aromatic heterocycles. The van der Waals surface area contributed by atoms with E-state index in [0.29, 0.717) is 11.1 Å². The maximum Gasteiger partial charge on any atom is 0.0802 e. The van der Waals surface area contributed by atoms with Crippen molar-refractivity contribution in [2.45, 2.75) is 32.0 Å². The highest BCUT2D eigenvalue weighted by Crippen LogP contribution is 2.20. The van der Waals surface area contributed by atoms with Gasteiger partial charge < -0.3 is 9.84 Å². The van der Waals surface area contributed by atoms with E-state index < -0.39 is 6.10 Å². The van der Waals surface area contributed by atoms with Crippen molar-refractivity contribution in [2.24, 2.45) is 0 Å². The minimum atomic E-state index is -0.416. The fourth-order valence-electron chi connectivity index (χ4n) is 2.39. The molecule has 1 aromatic carbocycles. The summed E-state index contributed by atoms with van der Waals surface area (Å²) >= 11 is 5.84. The van der Waals surface area contributed by atoms with E-state index in [1.807, 2.05) is 24.3 Å². The Morgan fingerprint density at radius 1 is 1.42 bits per heavy atom. The van der Waals surface area contributed by atoms with Crippen molar-refractivity contribution in [1.29, 1.82) is 0 Å². The summed E-state index contributed by atoms with van der Waals surface area (Å²) in [4.78, 5) is 2.37. The summed E-state index contributed by atoms with van der Waals surface area (Å²) < 4.78 is 5.64. The van der Waals surface area contributed by atoms with Crippen LogP contribution in [0, 0.1) is 0 Å². The second-order valence-electron chi connectivity index (χ2n) is 5.06. The van der Waals surface area contributed by atoms with Crippen LogP contribution in [0.3, 0.4) is 0 Å². The average molecular weight is 284 g/mol. The third-order valence-corrected chi connectivity index (χ3v) is 3.90. The number of aliphatic hydroxyl groups is 1. The van der Waals surface area contributed by atoms with Gasteiger partial charge in [-0.15, -0.1) is 0 Å². The summed E-state index contributed by atoms with van der Waals surface area (Å²) in [5.74, 6) is 0.